The standard InChI is InChI=1S/C29H31ClO11/c1-15(31)36-14-25-27(38-17(3)33)29(40-19(5)35)28(39-18(4)34)26(41-25)21-8-11-24(30)22(13-21)12-20-6-9-23(10-7-20)37-16(2)32/h6-11,13,25-29H,12,14H2,1-5H3/t25-,26?,27-,28+,29+/m1/s1. The van der Waals surface area contributed by atoms with Crippen LogP contribution in [0.2, 0.25) is 5.02 Å². The zero-order chi connectivity index (χ0) is 30.3. The second-order valence-corrected chi connectivity index (χ2v) is 9.79. The number of halogens is 1. The lowest BCUT2D eigenvalue weighted by molar-refractivity contribution is -0.254. The van der Waals surface area contributed by atoms with E-state index in [4.69, 9.17) is 40.0 Å². The van der Waals surface area contributed by atoms with Gasteiger partial charge in [0.05, 0.1) is 0 Å². The molecular formula is C29H31ClO11. The molecule has 5 atom stereocenters. The van der Waals surface area contributed by atoms with Crippen molar-refractivity contribution >= 4 is 41.4 Å². The Morgan fingerprint density at radius 2 is 1.32 bits per heavy atom. The number of ether oxygens (including phenoxy) is 6. The highest BCUT2D eigenvalue weighted by molar-refractivity contribution is 6.31. The van der Waals surface area contributed by atoms with Crippen molar-refractivity contribution in [2.45, 2.75) is 71.6 Å². The SMILES string of the molecule is CC(=O)OC[C@H]1OC(c2ccc(Cl)c(Cc3ccc(OC(C)=O)cc3)c2)[C@H](OC(C)=O)[C@@H](OC(C)=O)[C@@H]1OC(C)=O. The zero-order valence-corrected chi connectivity index (χ0v) is 24.0. The van der Waals surface area contributed by atoms with Gasteiger partial charge in [-0.3, -0.25) is 24.0 Å². The summed E-state index contributed by atoms with van der Waals surface area (Å²) < 4.78 is 33.0. The van der Waals surface area contributed by atoms with Crippen LogP contribution in [0.15, 0.2) is 42.5 Å². The number of carbonyl (C=O) groups excluding carboxylic acids is 5. The monoisotopic (exact) mass is 590 g/mol. The molecule has 0 spiro atoms. The summed E-state index contributed by atoms with van der Waals surface area (Å²) in [6.45, 7) is 5.69. The number of rotatable bonds is 9. The Kier molecular flexibility index (Phi) is 10.8. The van der Waals surface area contributed by atoms with E-state index in [0.29, 0.717) is 28.3 Å². The molecule has 11 nitrogen and oxygen atoms in total. The van der Waals surface area contributed by atoms with Gasteiger partial charge in [0.25, 0.3) is 0 Å². The molecule has 1 aliphatic heterocycles. The third-order valence-electron chi connectivity index (χ3n) is 5.97. The van der Waals surface area contributed by atoms with Crippen molar-refractivity contribution < 1.29 is 52.4 Å². The van der Waals surface area contributed by atoms with Crippen molar-refractivity contribution in [2.24, 2.45) is 0 Å². The van der Waals surface area contributed by atoms with Crippen molar-refractivity contribution in [3.05, 3.63) is 64.2 Å². The average Bonchev–Trinajstić information content (AvgIpc) is 2.86. The second kappa shape index (κ2) is 14.1. The highest BCUT2D eigenvalue weighted by Gasteiger charge is 2.52. The minimum atomic E-state index is -1.28. The highest BCUT2D eigenvalue weighted by Crippen LogP contribution is 2.39. The van der Waals surface area contributed by atoms with Crippen molar-refractivity contribution in [2.75, 3.05) is 6.61 Å². The van der Waals surface area contributed by atoms with E-state index in [-0.39, 0.29) is 6.61 Å². The predicted octanol–water partition coefficient (Wildman–Crippen LogP) is 3.65. The minimum absolute atomic E-state index is 0.330. The van der Waals surface area contributed by atoms with Gasteiger partial charge < -0.3 is 28.4 Å². The molecule has 0 amide bonds. The molecule has 1 heterocycles. The fourth-order valence-corrected chi connectivity index (χ4v) is 4.65. The number of carbonyl (C=O) groups is 5. The molecule has 0 aliphatic carbocycles. The summed E-state index contributed by atoms with van der Waals surface area (Å²) in [5.41, 5.74) is 2.07. The largest absolute Gasteiger partial charge is 0.463 e. The lowest BCUT2D eigenvalue weighted by Gasteiger charge is -2.44. The maximum Gasteiger partial charge on any atom is 0.308 e. The summed E-state index contributed by atoms with van der Waals surface area (Å²) >= 11 is 6.52. The van der Waals surface area contributed by atoms with Gasteiger partial charge in [0.1, 0.15) is 24.6 Å². The number of hydrogen-bond donors (Lipinski definition) is 0. The van der Waals surface area contributed by atoms with E-state index in [2.05, 4.69) is 0 Å². The van der Waals surface area contributed by atoms with Crippen LogP contribution in [-0.4, -0.2) is 60.9 Å². The maximum atomic E-state index is 12.2. The molecule has 0 N–H and O–H groups in total. The summed E-state index contributed by atoms with van der Waals surface area (Å²) in [7, 11) is 0. The van der Waals surface area contributed by atoms with Gasteiger partial charge in [0.2, 0.25) is 0 Å². The Morgan fingerprint density at radius 1 is 0.732 bits per heavy atom. The first-order valence-corrected chi connectivity index (χ1v) is 13.1. The minimum Gasteiger partial charge on any atom is -0.463 e. The normalized spacial score (nSPS) is 21.8. The molecular weight excluding hydrogens is 560 g/mol. The lowest BCUT2D eigenvalue weighted by atomic mass is 9.89. The summed E-state index contributed by atoms with van der Waals surface area (Å²) in [6.07, 6.45) is -5.48. The van der Waals surface area contributed by atoms with E-state index in [1.807, 2.05) is 0 Å². The molecule has 12 heteroatoms. The molecule has 1 saturated heterocycles. The van der Waals surface area contributed by atoms with E-state index >= 15 is 0 Å². The van der Waals surface area contributed by atoms with E-state index in [1.54, 1.807) is 42.5 Å². The van der Waals surface area contributed by atoms with Gasteiger partial charge in [-0.15, -0.1) is 0 Å². The Balaban J connectivity index is 2.02. The van der Waals surface area contributed by atoms with Gasteiger partial charge >= 0.3 is 29.8 Å². The van der Waals surface area contributed by atoms with E-state index in [1.165, 1.54) is 20.8 Å². The van der Waals surface area contributed by atoms with E-state index < -0.39 is 60.4 Å². The molecule has 41 heavy (non-hydrogen) atoms. The molecule has 0 bridgehead atoms. The topological polar surface area (TPSA) is 141 Å². The average molecular weight is 591 g/mol. The first-order valence-electron chi connectivity index (χ1n) is 12.7. The van der Waals surface area contributed by atoms with Crippen LogP contribution in [0.5, 0.6) is 5.75 Å². The maximum absolute atomic E-state index is 12.2. The summed E-state index contributed by atoms with van der Waals surface area (Å²) in [5, 5.41) is 0.448. The van der Waals surface area contributed by atoms with Crippen LogP contribution in [0.3, 0.4) is 0 Å². The molecule has 1 aliphatic rings. The molecule has 3 rings (SSSR count). The number of hydrogen-bond acceptors (Lipinski definition) is 11. The molecule has 1 fully saturated rings. The van der Waals surface area contributed by atoms with Gasteiger partial charge in [-0.25, -0.2) is 0 Å². The summed E-state index contributed by atoms with van der Waals surface area (Å²) in [5.74, 6) is -2.76. The molecule has 0 aromatic heterocycles. The number of esters is 5. The molecule has 220 valence electrons. The van der Waals surface area contributed by atoms with Gasteiger partial charge in [0.15, 0.2) is 18.3 Å². The predicted molar refractivity (Wildman–Crippen MR) is 143 cm³/mol. The molecule has 2 aromatic carbocycles. The van der Waals surface area contributed by atoms with Crippen LogP contribution in [-0.2, 0) is 54.1 Å². The Morgan fingerprint density at radius 3 is 1.88 bits per heavy atom. The van der Waals surface area contributed by atoms with Crippen LogP contribution in [0, 0.1) is 0 Å². The number of benzene rings is 2. The smallest absolute Gasteiger partial charge is 0.308 e. The lowest BCUT2D eigenvalue weighted by Crippen LogP contribution is -2.59. The molecule has 2 aromatic rings. The summed E-state index contributed by atoms with van der Waals surface area (Å²) in [4.78, 5) is 59.0. The zero-order valence-electron chi connectivity index (χ0n) is 23.2. The van der Waals surface area contributed by atoms with Crippen molar-refractivity contribution in [1.29, 1.82) is 0 Å². The highest BCUT2D eigenvalue weighted by atomic mass is 35.5. The fraction of sp³-hybridized carbons (Fsp3) is 0.414. The second-order valence-electron chi connectivity index (χ2n) is 9.39. The third-order valence-corrected chi connectivity index (χ3v) is 6.34. The van der Waals surface area contributed by atoms with Crippen LogP contribution in [0.25, 0.3) is 0 Å². The Labute approximate surface area is 241 Å². The molecule has 0 saturated carbocycles. The van der Waals surface area contributed by atoms with Crippen LogP contribution in [0.4, 0.5) is 0 Å². The summed E-state index contributed by atoms with van der Waals surface area (Å²) in [6, 6.07) is 12.0. The van der Waals surface area contributed by atoms with Crippen LogP contribution >= 0.6 is 11.6 Å². The van der Waals surface area contributed by atoms with E-state index in [9.17, 15) is 24.0 Å². The third kappa shape index (κ3) is 9.02. The van der Waals surface area contributed by atoms with Crippen molar-refractivity contribution in [3.8, 4) is 5.75 Å². The fourth-order valence-electron chi connectivity index (χ4n) is 4.47. The quantitative estimate of drug-likeness (QED) is 0.240. The van der Waals surface area contributed by atoms with Crippen LogP contribution in [0.1, 0.15) is 57.4 Å². The van der Waals surface area contributed by atoms with Gasteiger partial charge in [-0.05, 0) is 41.3 Å². The molecule has 0 radical (unpaired) electrons. The van der Waals surface area contributed by atoms with Gasteiger partial charge in [-0.2, -0.15) is 0 Å². The Hall–Kier alpha value is -3.96. The van der Waals surface area contributed by atoms with Gasteiger partial charge in [0, 0.05) is 39.6 Å². The Bertz CT molecular complexity index is 1290. The first kappa shape index (κ1) is 31.6. The van der Waals surface area contributed by atoms with Gasteiger partial charge in [-0.1, -0.05) is 35.9 Å². The first-order chi connectivity index (χ1) is 19.3. The molecule has 1 unspecified atom stereocenters. The van der Waals surface area contributed by atoms with Crippen molar-refractivity contribution in [1.82, 2.24) is 0 Å². The van der Waals surface area contributed by atoms with E-state index in [0.717, 1.165) is 19.4 Å². The van der Waals surface area contributed by atoms with Crippen molar-refractivity contribution in [3.63, 3.8) is 0 Å². The van der Waals surface area contributed by atoms with Crippen LogP contribution < -0.4 is 4.74 Å².